The van der Waals surface area contributed by atoms with E-state index in [4.69, 9.17) is 0 Å². The summed E-state index contributed by atoms with van der Waals surface area (Å²) in [5.74, 6) is 1.80. The second kappa shape index (κ2) is 3.78. The van der Waals surface area contributed by atoms with Gasteiger partial charge in [0.25, 0.3) is 0 Å². The predicted molar refractivity (Wildman–Crippen MR) is 54.3 cm³/mol. The molecule has 2 unspecified atom stereocenters. The normalized spacial score (nSPS) is 37.2. The summed E-state index contributed by atoms with van der Waals surface area (Å²) in [7, 11) is 0. The van der Waals surface area contributed by atoms with Gasteiger partial charge in [-0.1, -0.05) is 20.8 Å². The minimum Gasteiger partial charge on any atom is -0.312 e. The molecule has 12 heavy (non-hydrogen) atoms. The summed E-state index contributed by atoms with van der Waals surface area (Å²) in [5.41, 5.74) is 0.424. The Morgan fingerprint density at radius 1 is 1.50 bits per heavy atom. The fourth-order valence-electron chi connectivity index (χ4n) is 2.15. The van der Waals surface area contributed by atoms with Crippen LogP contribution in [-0.2, 0) is 0 Å². The van der Waals surface area contributed by atoms with Gasteiger partial charge in [-0.2, -0.15) is 0 Å². The first kappa shape index (κ1) is 10.0. The smallest absolute Gasteiger partial charge is 0.0153 e. The molecule has 0 amide bonds. The van der Waals surface area contributed by atoms with Gasteiger partial charge in [0.2, 0.25) is 0 Å². The Morgan fingerprint density at radius 2 is 2.17 bits per heavy atom. The maximum Gasteiger partial charge on any atom is 0.0153 e. The zero-order valence-electron chi connectivity index (χ0n) is 8.98. The van der Waals surface area contributed by atoms with Crippen molar-refractivity contribution in [2.75, 3.05) is 6.54 Å². The monoisotopic (exact) mass is 169 g/mol. The van der Waals surface area contributed by atoms with Crippen molar-refractivity contribution in [3.63, 3.8) is 0 Å². The summed E-state index contributed by atoms with van der Waals surface area (Å²) in [6, 6.07) is 0. The molecule has 0 radical (unpaired) electrons. The van der Waals surface area contributed by atoms with Crippen molar-refractivity contribution in [3.05, 3.63) is 0 Å². The van der Waals surface area contributed by atoms with Gasteiger partial charge in [-0.05, 0) is 44.6 Å². The largest absolute Gasteiger partial charge is 0.312 e. The Kier molecular flexibility index (Phi) is 3.16. The van der Waals surface area contributed by atoms with Crippen molar-refractivity contribution in [1.82, 2.24) is 5.32 Å². The highest BCUT2D eigenvalue weighted by molar-refractivity contribution is 4.89. The summed E-state index contributed by atoms with van der Waals surface area (Å²) in [6.07, 6.45) is 3.99. The lowest BCUT2D eigenvalue weighted by Gasteiger charge is -2.40. The standard InChI is InChI=1S/C11H23N/c1-5-11(4)8-10(9(2)3)6-7-12-11/h9-10,12H,5-8H2,1-4H3. The minimum atomic E-state index is 0.424. The van der Waals surface area contributed by atoms with Crippen LogP contribution in [0.1, 0.15) is 47.0 Å². The molecule has 1 saturated heterocycles. The molecule has 1 rings (SSSR count). The van der Waals surface area contributed by atoms with Crippen molar-refractivity contribution in [3.8, 4) is 0 Å². The second-order valence-corrected chi connectivity index (χ2v) is 4.84. The highest BCUT2D eigenvalue weighted by Crippen LogP contribution is 2.31. The number of hydrogen-bond donors (Lipinski definition) is 1. The molecule has 1 aliphatic heterocycles. The van der Waals surface area contributed by atoms with Crippen LogP contribution < -0.4 is 5.32 Å². The third-order valence-electron chi connectivity index (χ3n) is 3.50. The van der Waals surface area contributed by atoms with E-state index >= 15 is 0 Å². The van der Waals surface area contributed by atoms with E-state index < -0.39 is 0 Å². The van der Waals surface area contributed by atoms with Crippen molar-refractivity contribution >= 4 is 0 Å². The molecule has 0 aromatic rings. The van der Waals surface area contributed by atoms with Crippen LogP contribution in [0.5, 0.6) is 0 Å². The molecule has 1 heteroatoms. The number of nitrogens with one attached hydrogen (secondary N) is 1. The SMILES string of the molecule is CCC1(C)CC(C(C)C)CCN1. The first-order valence-corrected chi connectivity index (χ1v) is 5.32. The first-order chi connectivity index (χ1) is 5.57. The van der Waals surface area contributed by atoms with Crippen LogP contribution in [0.4, 0.5) is 0 Å². The number of hydrogen-bond acceptors (Lipinski definition) is 1. The van der Waals surface area contributed by atoms with Gasteiger partial charge >= 0.3 is 0 Å². The maximum absolute atomic E-state index is 3.63. The van der Waals surface area contributed by atoms with E-state index in [0.717, 1.165) is 11.8 Å². The van der Waals surface area contributed by atoms with Gasteiger partial charge in [-0.25, -0.2) is 0 Å². The van der Waals surface area contributed by atoms with Gasteiger partial charge in [0.05, 0.1) is 0 Å². The minimum absolute atomic E-state index is 0.424. The molecular weight excluding hydrogens is 146 g/mol. The van der Waals surface area contributed by atoms with Gasteiger partial charge < -0.3 is 5.32 Å². The van der Waals surface area contributed by atoms with Gasteiger partial charge in [-0.15, -0.1) is 0 Å². The molecular formula is C11H23N. The second-order valence-electron chi connectivity index (χ2n) is 4.84. The molecule has 1 fully saturated rings. The van der Waals surface area contributed by atoms with Crippen LogP contribution in [0.3, 0.4) is 0 Å². The molecule has 72 valence electrons. The van der Waals surface area contributed by atoms with Crippen molar-refractivity contribution in [2.45, 2.75) is 52.5 Å². The van der Waals surface area contributed by atoms with Gasteiger partial charge in [-0.3, -0.25) is 0 Å². The Bertz CT molecular complexity index is 142. The average molecular weight is 169 g/mol. The molecule has 1 heterocycles. The van der Waals surface area contributed by atoms with E-state index in [2.05, 4.69) is 33.0 Å². The lowest BCUT2D eigenvalue weighted by Crippen LogP contribution is -2.49. The van der Waals surface area contributed by atoms with Crippen LogP contribution in [0, 0.1) is 11.8 Å². The third-order valence-corrected chi connectivity index (χ3v) is 3.50. The molecule has 1 nitrogen and oxygen atoms in total. The Morgan fingerprint density at radius 3 is 2.67 bits per heavy atom. The molecule has 0 aromatic heterocycles. The zero-order valence-corrected chi connectivity index (χ0v) is 8.98. The highest BCUT2D eigenvalue weighted by Gasteiger charge is 2.31. The maximum atomic E-state index is 3.63. The summed E-state index contributed by atoms with van der Waals surface area (Å²) < 4.78 is 0. The molecule has 0 aliphatic carbocycles. The first-order valence-electron chi connectivity index (χ1n) is 5.32. The van der Waals surface area contributed by atoms with E-state index in [0.29, 0.717) is 5.54 Å². The molecule has 1 N–H and O–H groups in total. The molecule has 0 saturated carbocycles. The van der Waals surface area contributed by atoms with Crippen LogP contribution in [0.15, 0.2) is 0 Å². The molecule has 0 aromatic carbocycles. The Hall–Kier alpha value is -0.0400. The summed E-state index contributed by atoms with van der Waals surface area (Å²) >= 11 is 0. The zero-order chi connectivity index (χ0) is 9.19. The van der Waals surface area contributed by atoms with Crippen LogP contribution in [0.25, 0.3) is 0 Å². The van der Waals surface area contributed by atoms with E-state index in [-0.39, 0.29) is 0 Å². The molecule has 2 atom stereocenters. The predicted octanol–water partition coefficient (Wildman–Crippen LogP) is 2.81. The Labute approximate surface area is 76.9 Å². The highest BCUT2D eigenvalue weighted by atomic mass is 15.0. The van der Waals surface area contributed by atoms with Crippen molar-refractivity contribution < 1.29 is 0 Å². The topological polar surface area (TPSA) is 12.0 Å². The fourth-order valence-corrected chi connectivity index (χ4v) is 2.15. The van der Waals surface area contributed by atoms with Crippen molar-refractivity contribution in [2.24, 2.45) is 11.8 Å². The van der Waals surface area contributed by atoms with Crippen LogP contribution in [0.2, 0.25) is 0 Å². The van der Waals surface area contributed by atoms with E-state index in [1.54, 1.807) is 0 Å². The third kappa shape index (κ3) is 2.22. The summed E-state index contributed by atoms with van der Waals surface area (Å²) in [6.45, 7) is 10.6. The van der Waals surface area contributed by atoms with Gasteiger partial charge in [0, 0.05) is 5.54 Å². The quantitative estimate of drug-likeness (QED) is 0.670. The number of piperidine rings is 1. The number of rotatable bonds is 2. The molecule has 1 aliphatic rings. The van der Waals surface area contributed by atoms with Crippen LogP contribution >= 0.6 is 0 Å². The Balaban J connectivity index is 2.51. The van der Waals surface area contributed by atoms with Gasteiger partial charge in [0.1, 0.15) is 0 Å². The lowest BCUT2D eigenvalue weighted by molar-refractivity contribution is 0.170. The van der Waals surface area contributed by atoms with E-state index in [1.807, 2.05) is 0 Å². The van der Waals surface area contributed by atoms with E-state index in [9.17, 15) is 0 Å². The molecule has 0 spiro atoms. The van der Waals surface area contributed by atoms with E-state index in [1.165, 1.54) is 25.8 Å². The van der Waals surface area contributed by atoms with Gasteiger partial charge in [0.15, 0.2) is 0 Å². The lowest BCUT2D eigenvalue weighted by atomic mass is 9.77. The fraction of sp³-hybridized carbons (Fsp3) is 1.00. The summed E-state index contributed by atoms with van der Waals surface area (Å²) in [4.78, 5) is 0. The van der Waals surface area contributed by atoms with Crippen molar-refractivity contribution in [1.29, 1.82) is 0 Å². The summed E-state index contributed by atoms with van der Waals surface area (Å²) in [5, 5.41) is 3.63. The molecule has 0 bridgehead atoms. The van der Waals surface area contributed by atoms with Crippen LogP contribution in [-0.4, -0.2) is 12.1 Å². The average Bonchev–Trinajstić information content (AvgIpc) is 2.05.